The summed E-state index contributed by atoms with van der Waals surface area (Å²) in [4.78, 5) is 4.49. The number of nitrogens with zero attached hydrogens (tertiary/aromatic N) is 1. The zero-order chi connectivity index (χ0) is 13.0. The molecule has 0 fully saturated rings. The second-order valence-electron chi connectivity index (χ2n) is 4.22. The largest absolute Gasteiger partial charge is 0.305 e. The number of halogens is 1. The zero-order valence-electron chi connectivity index (χ0n) is 10.7. The summed E-state index contributed by atoms with van der Waals surface area (Å²) < 4.78 is 0. The number of hydrogen-bond acceptors (Lipinski definition) is 2. The van der Waals surface area contributed by atoms with Crippen LogP contribution < -0.4 is 5.32 Å². The summed E-state index contributed by atoms with van der Waals surface area (Å²) in [5.74, 6) is 0. The molecule has 0 aliphatic heterocycles. The van der Waals surface area contributed by atoms with Crippen LogP contribution in [-0.2, 0) is 0 Å². The summed E-state index contributed by atoms with van der Waals surface area (Å²) >= 11 is 6.29. The minimum Gasteiger partial charge on any atom is -0.305 e. The standard InChI is InChI=1S/C15H17ClN2/c1-3-17-15(12-8-4-5-9-13(12)16)14-11(2)7-6-10-18-14/h4-10,15,17H,3H2,1-2H3. The third-order valence-corrected chi connectivity index (χ3v) is 3.29. The van der Waals surface area contributed by atoms with Crippen LogP contribution >= 0.6 is 11.6 Å². The van der Waals surface area contributed by atoms with Gasteiger partial charge in [0.05, 0.1) is 11.7 Å². The molecule has 0 amide bonds. The van der Waals surface area contributed by atoms with Crippen LogP contribution in [0.1, 0.15) is 29.8 Å². The van der Waals surface area contributed by atoms with Crippen LogP contribution in [0.4, 0.5) is 0 Å². The average Bonchev–Trinajstić information content (AvgIpc) is 2.38. The molecular formula is C15H17ClN2. The lowest BCUT2D eigenvalue weighted by Crippen LogP contribution is -2.24. The van der Waals surface area contributed by atoms with Gasteiger partial charge in [0.25, 0.3) is 0 Å². The third-order valence-electron chi connectivity index (χ3n) is 2.95. The molecule has 0 aliphatic rings. The van der Waals surface area contributed by atoms with Gasteiger partial charge in [0.2, 0.25) is 0 Å². The Hall–Kier alpha value is -1.38. The maximum absolute atomic E-state index is 6.29. The first-order valence-electron chi connectivity index (χ1n) is 6.13. The Morgan fingerprint density at radius 1 is 1.22 bits per heavy atom. The smallest absolute Gasteiger partial charge is 0.0768 e. The van der Waals surface area contributed by atoms with Crippen LogP contribution in [0.5, 0.6) is 0 Å². The lowest BCUT2D eigenvalue weighted by atomic mass is 10.00. The Morgan fingerprint density at radius 3 is 2.67 bits per heavy atom. The van der Waals surface area contributed by atoms with Crippen molar-refractivity contribution in [2.24, 2.45) is 0 Å². The average molecular weight is 261 g/mol. The molecule has 0 radical (unpaired) electrons. The van der Waals surface area contributed by atoms with E-state index in [4.69, 9.17) is 11.6 Å². The van der Waals surface area contributed by atoms with Crippen LogP contribution in [0.3, 0.4) is 0 Å². The molecule has 0 bridgehead atoms. The van der Waals surface area contributed by atoms with Crippen molar-refractivity contribution in [3.8, 4) is 0 Å². The second kappa shape index (κ2) is 5.98. The number of rotatable bonds is 4. The molecule has 1 heterocycles. The first-order valence-corrected chi connectivity index (χ1v) is 6.51. The van der Waals surface area contributed by atoms with E-state index in [1.165, 1.54) is 5.56 Å². The van der Waals surface area contributed by atoms with Gasteiger partial charge in [-0.05, 0) is 36.7 Å². The highest BCUT2D eigenvalue weighted by Crippen LogP contribution is 2.28. The number of nitrogens with one attached hydrogen (secondary N) is 1. The normalized spacial score (nSPS) is 12.4. The van der Waals surface area contributed by atoms with Gasteiger partial charge in [-0.2, -0.15) is 0 Å². The third kappa shape index (κ3) is 2.71. The lowest BCUT2D eigenvalue weighted by Gasteiger charge is -2.20. The SMILES string of the molecule is CCNC(c1ccccc1Cl)c1ncccc1C. The van der Waals surface area contributed by atoms with Gasteiger partial charge < -0.3 is 5.32 Å². The Labute approximate surface area is 113 Å². The first kappa shape index (κ1) is 13.1. The number of benzene rings is 1. The fourth-order valence-corrected chi connectivity index (χ4v) is 2.31. The summed E-state index contributed by atoms with van der Waals surface area (Å²) in [5.41, 5.74) is 3.28. The van der Waals surface area contributed by atoms with E-state index in [-0.39, 0.29) is 6.04 Å². The highest BCUT2D eigenvalue weighted by molar-refractivity contribution is 6.31. The molecule has 2 nitrogen and oxygen atoms in total. The second-order valence-corrected chi connectivity index (χ2v) is 4.62. The van der Waals surface area contributed by atoms with E-state index in [2.05, 4.69) is 30.2 Å². The summed E-state index contributed by atoms with van der Waals surface area (Å²) in [6, 6.07) is 12.0. The van der Waals surface area contributed by atoms with Crippen LogP contribution in [-0.4, -0.2) is 11.5 Å². The quantitative estimate of drug-likeness (QED) is 0.906. The fraction of sp³-hybridized carbons (Fsp3) is 0.267. The first-order chi connectivity index (χ1) is 8.74. The van der Waals surface area contributed by atoms with Crippen molar-refractivity contribution in [1.82, 2.24) is 10.3 Å². The summed E-state index contributed by atoms with van der Waals surface area (Å²) in [7, 11) is 0. The Morgan fingerprint density at radius 2 is 2.00 bits per heavy atom. The van der Waals surface area contributed by atoms with Crippen molar-refractivity contribution in [1.29, 1.82) is 0 Å². The van der Waals surface area contributed by atoms with Gasteiger partial charge in [0.15, 0.2) is 0 Å². The molecule has 1 aromatic heterocycles. The molecule has 1 unspecified atom stereocenters. The van der Waals surface area contributed by atoms with Crippen molar-refractivity contribution in [2.45, 2.75) is 19.9 Å². The van der Waals surface area contributed by atoms with Gasteiger partial charge in [-0.25, -0.2) is 0 Å². The van der Waals surface area contributed by atoms with E-state index >= 15 is 0 Å². The van der Waals surface area contributed by atoms with Gasteiger partial charge in [0, 0.05) is 11.2 Å². The zero-order valence-corrected chi connectivity index (χ0v) is 11.4. The summed E-state index contributed by atoms with van der Waals surface area (Å²) in [6.45, 7) is 5.03. The molecule has 1 aromatic carbocycles. The maximum Gasteiger partial charge on any atom is 0.0768 e. The highest BCUT2D eigenvalue weighted by Gasteiger charge is 2.18. The van der Waals surface area contributed by atoms with Gasteiger partial charge in [-0.15, -0.1) is 0 Å². The van der Waals surface area contributed by atoms with Gasteiger partial charge in [0.1, 0.15) is 0 Å². The predicted octanol–water partition coefficient (Wildman–Crippen LogP) is 3.74. The van der Waals surface area contributed by atoms with Crippen LogP contribution in [0, 0.1) is 6.92 Å². The minimum absolute atomic E-state index is 0.0462. The molecule has 94 valence electrons. The fourth-order valence-electron chi connectivity index (χ4n) is 2.07. The minimum atomic E-state index is 0.0462. The van der Waals surface area contributed by atoms with E-state index in [9.17, 15) is 0 Å². The molecular weight excluding hydrogens is 244 g/mol. The van der Waals surface area contributed by atoms with E-state index in [1.54, 1.807) is 0 Å². The molecule has 0 spiro atoms. The monoisotopic (exact) mass is 260 g/mol. The van der Waals surface area contributed by atoms with Crippen molar-refractivity contribution < 1.29 is 0 Å². The molecule has 2 rings (SSSR count). The predicted molar refractivity (Wildman–Crippen MR) is 75.9 cm³/mol. The van der Waals surface area contributed by atoms with Crippen LogP contribution in [0.2, 0.25) is 5.02 Å². The van der Waals surface area contributed by atoms with Crippen LogP contribution in [0.25, 0.3) is 0 Å². The Bertz CT molecular complexity index is 480. The lowest BCUT2D eigenvalue weighted by molar-refractivity contribution is 0.612. The van der Waals surface area contributed by atoms with Crippen molar-refractivity contribution in [2.75, 3.05) is 6.54 Å². The molecule has 18 heavy (non-hydrogen) atoms. The topological polar surface area (TPSA) is 24.9 Å². The molecule has 0 saturated heterocycles. The molecule has 1 atom stereocenters. The van der Waals surface area contributed by atoms with E-state index < -0.39 is 0 Å². The van der Waals surface area contributed by atoms with Gasteiger partial charge >= 0.3 is 0 Å². The number of hydrogen-bond donors (Lipinski definition) is 1. The van der Waals surface area contributed by atoms with Crippen molar-refractivity contribution in [3.63, 3.8) is 0 Å². The Kier molecular flexibility index (Phi) is 4.34. The molecule has 0 saturated carbocycles. The van der Waals surface area contributed by atoms with E-state index in [0.717, 1.165) is 22.8 Å². The Balaban J connectivity index is 2.47. The van der Waals surface area contributed by atoms with Crippen molar-refractivity contribution >= 4 is 11.6 Å². The number of aryl methyl sites for hydroxylation is 1. The van der Waals surface area contributed by atoms with Crippen LogP contribution in [0.15, 0.2) is 42.6 Å². The molecule has 1 N–H and O–H groups in total. The number of aromatic nitrogens is 1. The van der Waals surface area contributed by atoms with Gasteiger partial charge in [-0.3, -0.25) is 4.98 Å². The van der Waals surface area contributed by atoms with E-state index in [0.29, 0.717) is 0 Å². The van der Waals surface area contributed by atoms with E-state index in [1.807, 2.05) is 36.5 Å². The molecule has 3 heteroatoms. The van der Waals surface area contributed by atoms with Gasteiger partial charge in [-0.1, -0.05) is 42.8 Å². The molecule has 2 aromatic rings. The summed E-state index contributed by atoms with van der Waals surface area (Å²) in [6.07, 6.45) is 1.82. The van der Waals surface area contributed by atoms with Crippen molar-refractivity contribution in [3.05, 3.63) is 64.4 Å². The highest BCUT2D eigenvalue weighted by atomic mass is 35.5. The molecule has 0 aliphatic carbocycles. The maximum atomic E-state index is 6.29. The number of pyridine rings is 1. The summed E-state index contributed by atoms with van der Waals surface area (Å²) in [5, 5.41) is 4.22.